The van der Waals surface area contributed by atoms with Crippen molar-refractivity contribution < 1.29 is 0 Å². The number of piperidine rings is 6. The molecular weight excluding hydrogens is 436 g/mol. The monoisotopic (exact) mass is 501 g/mol. The molecule has 0 aromatic heterocycles. The molecule has 6 heterocycles. The zero-order valence-electron chi connectivity index (χ0n) is 25.4. The molecule has 0 aromatic rings. The second-order valence-corrected chi connectivity index (χ2v) is 15.6. The fraction of sp³-hybridized carbons (Fsp3) is 1.00. The first kappa shape index (κ1) is 28.9. The Labute approximate surface area is 226 Å². The molecule has 0 radical (unpaired) electrons. The van der Waals surface area contributed by atoms with E-state index in [1.807, 2.05) is 0 Å². The lowest BCUT2D eigenvalue weighted by Crippen LogP contribution is -2.47. The van der Waals surface area contributed by atoms with E-state index in [4.69, 9.17) is 0 Å². The van der Waals surface area contributed by atoms with Crippen molar-refractivity contribution in [2.45, 2.75) is 125 Å². The van der Waals surface area contributed by atoms with E-state index in [0.29, 0.717) is 0 Å². The standard InChI is InChI=1S/C12H22.2C11H21N/c1-10(2)9-12-6-3-11(4-7-12)5-8-12;2*1-9(2)7-11-8-12-5-3-10(11)4-6-12/h10-11H,3-9H2,1-2H3;2*9-11H,3-8H2,1-2H3/t;2*11-/m.10/s1. The zero-order valence-corrected chi connectivity index (χ0v) is 25.4. The predicted octanol–water partition coefficient (Wildman–Crippen LogP) is 8.75. The molecular formula is C34H64N2. The quantitative estimate of drug-likeness (QED) is 0.359. The Balaban J connectivity index is 0.000000127. The molecule has 3 aliphatic carbocycles. The maximum atomic E-state index is 2.66. The van der Waals surface area contributed by atoms with E-state index >= 15 is 0 Å². The number of nitrogens with zero attached hydrogens (tertiary/aromatic N) is 2. The predicted molar refractivity (Wildman–Crippen MR) is 157 cm³/mol. The van der Waals surface area contributed by atoms with Crippen LogP contribution in [0, 0.1) is 52.8 Å². The first-order chi connectivity index (χ1) is 17.2. The fourth-order valence-electron chi connectivity index (χ4n) is 9.43. The lowest BCUT2D eigenvalue weighted by molar-refractivity contribution is 0.0406. The van der Waals surface area contributed by atoms with E-state index in [-0.39, 0.29) is 0 Å². The highest BCUT2D eigenvalue weighted by Crippen LogP contribution is 2.53. The Hall–Kier alpha value is -0.0800. The van der Waals surface area contributed by atoms with Gasteiger partial charge < -0.3 is 9.80 Å². The van der Waals surface area contributed by atoms with Gasteiger partial charge in [-0.25, -0.2) is 0 Å². The van der Waals surface area contributed by atoms with Crippen LogP contribution in [0.4, 0.5) is 0 Å². The minimum atomic E-state index is 0.808. The van der Waals surface area contributed by atoms with E-state index in [9.17, 15) is 0 Å². The van der Waals surface area contributed by atoms with E-state index in [1.165, 1.54) is 84.2 Å². The van der Waals surface area contributed by atoms with Crippen molar-refractivity contribution in [1.29, 1.82) is 0 Å². The summed E-state index contributed by atoms with van der Waals surface area (Å²) in [5.41, 5.74) is 0.808. The molecule has 3 saturated carbocycles. The van der Waals surface area contributed by atoms with Gasteiger partial charge in [0.15, 0.2) is 0 Å². The van der Waals surface area contributed by atoms with Crippen LogP contribution in [0.5, 0.6) is 0 Å². The Morgan fingerprint density at radius 3 is 1.22 bits per heavy atom. The second-order valence-electron chi connectivity index (χ2n) is 15.6. The van der Waals surface area contributed by atoms with Crippen molar-refractivity contribution in [3.8, 4) is 0 Å². The van der Waals surface area contributed by atoms with Crippen molar-refractivity contribution in [3.63, 3.8) is 0 Å². The zero-order chi connectivity index (χ0) is 25.7. The van der Waals surface area contributed by atoms with Crippen molar-refractivity contribution in [2.75, 3.05) is 39.3 Å². The summed E-state index contributed by atoms with van der Waals surface area (Å²) in [5, 5.41) is 0. The number of hydrogen-bond acceptors (Lipinski definition) is 2. The van der Waals surface area contributed by atoms with E-state index < -0.39 is 0 Å². The smallest absolute Gasteiger partial charge is 0.00124 e. The van der Waals surface area contributed by atoms with Crippen LogP contribution in [0.2, 0.25) is 0 Å². The highest BCUT2D eigenvalue weighted by molar-refractivity contribution is 4.92. The number of fused-ring (bicyclic) bond motifs is 9. The summed E-state index contributed by atoms with van der Waals surface area (Å²) in [6.07, 6.45) is 19.7. The van der Waals surface area contributed by atoms with E-state index in [1.54, 1.807) is 38.5 Å². The summed E-state index contributed by atoms with van der Waals surface area (Å²) < 4.78 is 0. The van der Waals surface area contributed by atoms with Crippen LogP contribution in [-0.2, 0) is 0 Å². The molecule has 0 amide bonds. The van der Waals surface area contributed by atoms with Crippen molar-refractivity contribution >= 4 is 0 Å². The first-order valence-corrected chi connectivity index (χ1v) is 16.7. The normalized spacial score (nSPS) is 40.8. The van der Waals surface area contributed by atoms with Crippen LogP contribution in [0.3, 0.4) is 0 Å². The van der Waals surface area contributed by atoms with Crippen molar-refractivity contribution in [1.82, 2.24) is 9.80 Å². The maximum absolute atomic E-state index is 2.66. The molecule has 210 valence electrons. The van der Waals surface area contributed by atoms with Crippen LogP contribution >= 0.6 is 0 Å². The van der Waals surface area contributed by atoms with Gasteiger partial charge in [0.1, 0.15) is 0 Å². The van der Waals surface area contributed by atoms with Crippen molar-refractivity contribution in [2.24, 2.45) is 52.8 Å². The molecule has 6 bridgehead atoms. The summed E-state index contributed by atoms with van der Waals surface area (Å²) in [6.45, 7) is 22.6. The maximum Gasteiger partial charge on any atom is 0.00124 e. The molecule has 9 fully saturated rings. The molecule has 9 rings (SSSR count). The number of hydrogen-bond donors (Lipinski definition) is 0. The minimum absolute atomic E-state index is 0.808. The average Bonchev–Trinajstić information content (AvgIpc) is 2.86. The van der Waals surface area contributed by atoms with Crippen LogP contribution in [-0.4, -0.2) is 49.1 Å². The summed E-state index contributed by atoms with van der Waals surface area (Å²) >= 11 is 0. The molecule has 2 heteroatoms. The third-order valence-electron chi connectivity index (χ3n) is 11.2. The van der Waals surface area contributed by atoms with Gasteiger partial charge in [0.05, 0.1) is 0 Å². The highest BCUT2D eigenvalue weighted by Gasteiger charge is 2.40. The van der Waals surface area contributed by atoms with Crippen LogP contribution in [0.15, 0.2) is 0 Å². The summed E-state index contributed by atoms with van der Waals surface area (Å²) in [4.78, 5) is 5.32. The van der Waals surface area contributed by atoms with Gasteiger partial charge in [-0.2, -0.15) is 0 Å². The molecule has 2 nitrogen and oxygen atoms in total. The minimum Gasteiger partial charge on any atom is -0.303 e. The summed E-state index contributed by atoms with van der Waals surface area (Å²) in [6, 6.07) is 0. The third-order valence-corrected chi connectivity index (χ3v) is 11.2. The van der Waals surface area contributed by atoms with Gasteiger partial charge in [-0.05, 0) is 162 Å². The van der Waals surface area contributed by atoms with Gasteiger partial charge in [0, 0.05) is 13.1 Å². The van der Waals surface area contributed by atoms with Gasteiger partial charge in [-0.15, -0.1) is 0 Å². The van der Waals surface area contributed by atoms with E-state index in [0.717, 1.165) is 52.8 Å². The molecule has 0 spiro atoms. The molecule has 6 aliphatic heterocycles. The molecule has 6 saturated heterocycles. The van der Waals surface area contributed by atoms with Crippen molar-refractivity contribution in [3.05, 3.63) is 0 Å². The SMILES string of the molecule is CC(C)CC12CCC(CC1)CC2.CC(C)C[C@@H]1CN2CCC1CC2.CC(C)C[C@H]1CN2CCC1CC2. The number of rotatable bonds is 6. The van der Waals surface area contributed by atoms with Gasteiger partial charge in [0.25, 0.3) is 0 Å². The molecule has 2 atom stereocenters. The molecule has 0 N–H and O–H groups in total. The Bertz CT molecular complexity index is 561. The van der Waals surface area contributed by atoms with Gasteiger partial charge in [0.2, 0.25) is 0 Å². The molecule has 0 aromatic carbocycles. The lowest BCUT2D eigenvalue weighted by Gasteiger charge is -2.47. The van der Waals surface area contributed by atoms with Gasteiger partial charge in [-0.3, -0.25) is 0 Å². The first-order valence-electron chi connectivity index (χ1n) is 16.7. The second kappa shape index (κ2) is 13.3. The topological polar surface area (TPSA) is 6.48 Å². The largest absolute Gasteiger partial charge is 0.303 e. The lowest BCUT2D eigenvalue weighted by atomic mass is 9.58. The highest BCUT2D eigenvalue weighted by atomic mass is 15.2. The van der Waals surface area contributed by atoms with Gasteiger partial charge >= 0.3 is 0 Å². The fourth-order valence-corrected chi connectivity index (χ4v) is 9.43. The van der Waals surface area contributed by atoms with Crippen LogP contribution in [0.25, 0.3) is 0 Å². The Morgan fingerprint density at radius 2 is 0.944 bits per heavy atom. The molecule has 9 aliphatic rings. The summed E-state index contributed by atoms with van der Waals surface area (Å²) in [7, 11) is 0. The van der Waals surface area contributed by atoms with Gasteiger partial charge in [-0.1, -0.05) is 41.5 Å². The van der Waals surface area contributed by atoms with Crippen LogP contribution < -0.4 is 0 Å². The van der Waals surface area contributed by atoms with E-state index in [2.05, 4.69) is 51.3 Å². The Kier molecular flexibility index (Phi) is 10.7. The molecule has 0 unspecified atom stereocenters. The molecule has 36 heavy (non-hydrogen) atoms. The third kappa shape index (κ3) is 8.21. The van der Waals surface area contributed by atoms with Crippen LogP contribution in [0.1, 0.15) is 125 Å². The summed E-state index contributed by atoms with van der Waals surface area (Å²) in [5.74, 6) is 8.07. The Morgan fingerprint density at radius 1 is 0.556 bits per heavy atom. The average molecular weight is 501 g/mol.